The summed E-state index contributed by atoms with van der Waals surface area (Å²) >= 11 is 0. The van der Waals surface area contributed by atoms with Crippen molar-refractivity contribution in [1.29, 1.82) is 0 Å². The first-order chi connectivity index (χ1) is 6.20. The first kappa shape index (κ1) is 8.35. The molecule has 0 aliphatic heterocycles. The molecule has 1 aliphatic rings. The van der Waals surface area contributed by atoms with E-state index in [1.54, 1.807) is 6.26 Å². The molecule has 0 fully saturated rings. The minimum atomic E-state index is -0.775. The van der Waals surface area contributed by atoms with Crippen LogP contribution >= 0.6 is 0 Å². The van der Waals surface area contributed by atoms with E-state index < -0.39 is 11.9 Å². The molecule has 1 aromatic heterocycles. The van der Waals surface area contributed by atoms with Gasteiger partial charge in [-0.15, -0.1) is 0 Å². The van der Waals surface area contributed by atoms with Gasteiger partial charge >= 0.3 is 5.97 Å². The van der Waals surface area contributed by atoms with Crippen LogP contribution in [0, 0.1) is 5.92 Å². The molecular weight excluding hydrogens is 168 g/mol. The van der Waals surface area contributed by atoms with E-state index in [9.17, 15) is 4.79 Å². The van der Waals surface area contributed by atoms with Gasteiger partial charge in [0.1, 0.15) is 11.7 Å². The second-order valence-electron chi connectivity index (χ2n) is 3.64. The maximum absolute atomic E-state index is 11.0. The number of hydrogen-bond donors (Lipinski definition) is 1. The molecule has 2 atom stereocenters. The predicted molar refractivity (Wildman–Crippen MR) is 46.6 cm³/mol. The Morgan fingerprint density at radius 2 is 2.46 bits per heavy atom. The van der Waals surface area contributed by atoms with Crippen molar-refractivity contribution in [2.75, 3.05) is 0 Å². The fourth-order valence-corrected chi connectivity index (χ4v) is 1.99. The van der Waals surface area contributed by atoms with Gasteiger partial charge in [0.25, 0.3) is 0 Å². The monoisotopic (exact) mass is 180 g/mol. The second-order valence-corrected chi connectivity index (χ2v) is 3.64. The van der Waals surface area contributed by atoms with Crippen molar-refractivity contribution in [2.24, 2.45) is 5.92 Å². The SMILES string of the molecule is CC1CCc2ccoc2C1C(=O)O. The highest BCUT2D eigenvalue weighted by Crippen LogP contribution is 2.36. The summed E-state index contributed by atoms with van der Waals surface area (Å²) in [6, 6.07) is 1.87. The van der Waals surface area contributed by atoms with Crippen LogP contribution in [0.2, 0.25) is 0 Å². The maximum Gasteiger partial charge on any atom is 0.314 e. The molecule has 0 aromatic carbocycles. The Kier molecular flexibility index (Phi) is 1.87. The molecule has 0 spiro atoms. The van der Waals surface area contributed by atoms with Gasteiger partial charge in [-0.2, -0.15) is 0 Å². The molecule has 3 heteroatoms. The minimum absolute atomic E-state index is 0.177. The van der Waals surface area contributed by atoms with Gasteiger partial charge < -0.3 is 9.52 Å². The van der Waals surface area contributed by atoms with Gasteiger partial charge in [0.05, 0.1) is 6.26 Å². The highest BCUT2D eigenvalue weighted by Gasteiger charge is 2.34. The lowest BCUT2D eigenvalue weighted by Crippen LogP contribution is -2.24. The number of carboxylic acid groups (broad SMARTS) is 1. The van der Waals surface area contributed by atoms with Crippen LogP contribution in [0.1, 0.15) is 30.6 Å². The molecule has 1 aliphatic carbocycles. The third kappa shape index (κ3) is 1.24. The molecule has 3 nitrogen and oxygen atoms in total. The van der Waals surface area contributed by atoms with Gasteiger partial charge in [-0.1, -0.05) is 6.92 Å². The van der Waals surface area contributed by atoms with Crippen LogP contribution < -0.4 is 0 Å². The van der Waals surface area contributed by atoms with Crippen molar-refractivity contribution >= 4 is 5.97 Å². The van der Waals surface area contributed by atoms with E-state index in [2.05, 4.69) is 0 Å². The van der Waals surface area contributed by atoms with E-state index in [0.717, 1.165) is 18.4 Å². The van der Waals surface area contributed by atoms with E-state index in [0.29, 0.717) is 5.76 Å². The van der Waals surface area contributed by atoms with Crippen molar-refractivity contribution in [3.63, 3.8) is 0 Å². The molecule has 0 saturated heterocycles. The maximum atomic E-state index is 11.0. The Balaban J connectivity index is 2.41. The van der Waals surface area contributed by atoms with E-state index in [1.807, 2.05) is 13.0 Å². The van der Waals surface area contributed by atoms with E-state index in [1.165, 1.54) is 0 Å². The van der Waals surface area contributed by atoms with Crippen LogP contribution in [-0.2, 0) is 11.2 Å². The minimum Gasteiger partial charge on any atom is -0.481 e. The van der Waals surface area contributed by atoms with Gasteiger partial charge in [0, 0.05) is 0 Å². The summed E-state index contributed by atoms with van der Waals surface area (Å²) in [5, 5.41) is 9.01. The topological polar surface area (TPSA) is 50.4 Å². The Morgan fingerprint density at radius 3 is 3.15 bits per heavy atom. The summed E-state index contributed by atoms with van der Waals surface area (Å²) in [4.78, 5) is 11.0. The van der Waals surface area contributed by atoms with Crippen LogP contribution in [-0.4, -0.2) is 11.1 Å². The lowest BCUT2D eigenvalue weighted by atomic mass is 9.80. The molecule has 1 N–H and O–H groups in total. The molecule has 0 bridgehead atoms. The fourth-order valence-electron chi connectivity index (χ4n) is 1.99. The Labute approximate surface area is 76.4 Å². The number of fused-ring (bicyclic) bond motifs is 1. The van der Waals surface area contributed by atoms with Crippen LogP contribution in [0.3, 0.4) is 0 Å². The second kappa shape index (κ2) is 2.91. The number of carbonyl (C=O) groups is 1. The van der Waals surface area contributed by atoms with Gasteiger partial charge in [-0.3, -0.25) is 4.79 Å². The van der Waals surface area contributed by atoms with E-state index >= 15 is 0 Å². The summed E-state index contributed by atoms with van der Waals surface area (Å²) in [5.74, 6) is -0.385. The molecular formula is C10H12O3. The van der Waals surface area contributed by atoms with Gasteiger partial charge in [0.15, 0.2) is 0 Å². The van der Waals surface area contributed by atoms with Crippen molar-refractivity contribution in [2.45, 2.75) is 25.7 Å². The average molecular weight is 180 g/mol. The molecule has 0 radical (unpaired) electrons. The number of rotatable bonds is 1. The van der Waals surface area contributed by atoms with Crippen molar-refractivity contribution in [1.82, 2.24) is 0 Å². The summed E-state index contributed by atoms with van der Waals surface area (Å²) in [5.41, 5.74) is 1.06. The van der Waals surface area contributed by atoms with Gasteiger partial charge in [0.2, 0.25) is 0 Å². The Hall–Kier alpha value is -1.25. The third-order valence-corrected chi connectivity index (χ3v) is 2.77. The molecule has 70 valence electrons. The van der Waals surface area contributed by atoms with Crippen LogP contribution in [0.15, 0.2) is 16.7 Å². The largest absolute Gasteiger partial charge is 0.481 e. The standard InChI is InChI=1S/C10H12O3/c1-6-2-3-7-4-5-13-9(7)8(6)10(11)12/h4-6,8H,2-3H2,1H3,(H,11,12). The first-order valence-corrected chi connectivity index (χ1v) is 4.49. The molecule has 0 amide bonds. The molecule has 1 heterocycles. The zero-order valence-corrected chi connectivity index (χ0v) is 7.49. The summed E-state index contributed by atoms with van der Waals surface area (Å²) in [7, 11) is 0. The number of carboxylic acids is 1. The third-order valence-electron chi connectivity index (χ3n) is 2.77. The number of furan rings is 1. The molecule has 13 heavy (non-hydrogen) atoms. The van der Waals surface area contributed by atoms with Crippen molar-refractivity contribution < 1.29 is 14.3 Å². The molecule has 1 aromatic rings. The predicted octanol–water partition coefficient (Wildman–Crippen LogP) is 2.03. The van der Waals surface area contributed by atoms with Gasteiger partial charge in [-0.25, -0.2) is 0 Å². The van der Waals surface area contributed by atoms with Crippen LogP contribution in [0.25, 0.3) is 0 Å². The quantitative estimate of drug-likeness (QED) is 0.719. The summed E-state index contributed by atoms with van der Waals surface area (Å²) in [6.45, 7) is 1.96. The zero-order valence-electron chi connectivity index (χ0n) is 7.49. The summed E-state index contributed by atoms with van der Waals surface area (Å²) < 4.78 is 5.22. The normalized spacial score (nSPS) is 26.8. The lowest BCUT2D eigenvalue weighted by molar-refractivity contribution is -0.140. The smallest absolute Gasteiger partial charge is 0.314 e. The Morgan fingerprint density at radius 1 is 1.69 bits per heavy atom. The van der Waals surface area contributed by atoms with E-state index in [4.69, 9.17) is 9.52 Å². The summed E-state index contributed by atoms with van der Waals surface area (Å²) in [6.07, 6.45) is 3.46. The number of aryl methyl sites for hydroxylation is 1. The van der Waals surface area contributed by atoms with Gasteiger partial charge in [-0.05, 0) is 30.4 Å². The van der Waals surface area contributed by atoms with Crippen molar-refractivity contribution in [3.05, 3.63) is 23.7 Å². The van der Waals surface area contributed by atoms with Crippen molar-refractivity contribution in [3.8, 4) is 0 Å². The fraction of sp³-hybridized carbons (Fsp3) is 0.500. The number of hydrogen-bond acceptors (Lipinski definition) is 2. The van der Waals surface area contributed by atoms with Crippen LogP contribution in [0.4, 0.5) is 0 Å². The molecule has 2 rings (SSSR count). The highest BCUT2D eigenvalue weighted by molar-refractivity contribution is 5.76. The zero-order chi connectivity index (χ0) is 9.42. The average Bonchev–Trinajstić information content (AvgIpc) is 2.50. The van der Waals surface area contributed by atoms with E-state index in [-0.39, 0.29) is 5.92 Å². The van der Waals surface area contributed by atoms with Crippen LogP contribution in [0.5, 0.6) is 0 Å². The molecule has 0 saturated carbocycles. The number of aliphatic carboxylic acids is 1. The molecule has 2 unspecified atom stereocenters. The highest BCUT2D eigenvalue weighted by atomic mass is 16.4. The first-order valence-electron chi connectivity index (χ1n) is 4.49. The lowest BCUT2D eigenvalue weighted by Gasteiger charge is -2.23. The Bertz CT molecular complexity index is 327.